The van der Waals surface area contributed by atoms with Crippen molar-refractivity contribution in [3.05, 3.63) is 95.1 Å². The Morgan fingerprint density at radius 1 is 0.893 bits per heavy atom. The lowest BCUT2D eigenvalue weighted by Crippen LogP contribution is -2.16. The van der Waals surface area contributed by atoms with Crippen molar-refractivity contribution >= 4 is 46.5 Å². The number of halogens is 2. The summed E-state index contributed by atoms with van der Waals surface area (Å²) in [6.45, 7) is 1.87. The van der Waals surface area contributed by atoms with Crippen LogP contribution >= 0.6 is 24.0 Å². The van der Waals surface area contributed by atoms with Crippen molar-refractivity contribution in [2.24, 2.45) is 0 Å². The minimum atomic E-state index is -0.188. The van der Waals surface area contributed by atoms with Gasteiger partial charge in [0.25, 0.3) is 5.91 Å². The Morgan fingerprint density at radius 3 is 2.25 bits per heavy atom. The third kappa shape index (κ3) is 3.86. The fourth-order valence-corrected chi connectivity index (χ4v) is 3.37. The second-order valence-corrected chi connectivity index (χ2v) is 6.73. The largest absolute Gasteiger partial charge is 0.322 e. The topological polar surface area (TPSA) is 42.0 Å². The first-order valence-electron chi connectivity index (χ1n) is 8.65. The Hall–Kier alpha value is -2.88. The molecule has 1 aromatic heterocycles. The summed E-state index contributed by atoms with van der Waals surface area (Å²) >= 11 is 5.94. The van der Waals surface area contributed by atoms with E-state index in [1.807, 2.05) is 61.5 Å². The van der Waals surface area contributed by atoms with E-state index in [9.17, 15) is 4.79 Å². The third-order valence-corrected chi connectivity index (χ3v) is 4.72. The van der Waals surface area contributed by atoms with Crippen molar-refractivity contribution in [2.75, 3.05) is 5.32 Å². The van der Waals surface area contributed by atoms with Gasteiger partial charge in [-0.2, -0.15) is 0 Å². The summed E-state index contributed by atoms with van der Waals surface area (Å²) in [5, 5.41) is 4.54. The second kappa shape index (κ2) is 8.42. The molecule has 3 aromatic carbocycles. The molecule has 0 atom stereocenters. The molecule has 4 rings (SSSR count). The standard InChI is InChI=1S/C23H17ClN2O.ClH/c1-15-21(23(27)26-18-13-11-17(24)12-14-18)22(16-7-3-2-4-8-16)19-9-5-6-10-20(19)25-15;/h2-14H,1H3,(H,26,27);1H. The summed E-state index contributed by atoms with van der Waals surface area (Å²) in [6.07, 6.45) is 0. The van der Waals surface area contributed by atoms with Crippen molar-refractivity contribution in [3.8, 4) is 11.1 Å². The smallest absolute Gasteiger partial charge is 0.258 e. The highest BCUT2D eigenvalue weighted by Crippen LogP contribution is 2.33. The maximum absolute atomic E-state index is 13.2. The quantitative estimate of drug-likeness (QED) is 0.418. The first-order valence-corrected chi connectivity index (χ1v) is 9.03. The van der Waals surface area contributed by atoms with Gasteiger partial charge in [-0.15, -0.1) is 12.4 Å². The molecule has 140 valence electrons. The van der Waals surface area contributed by atoms with Crippen molar-refractivity contribution in [3.63, 3.8) is 0 Å². The number of pyridine rings is 1. The number of aryl methyl sites for hydroxylation is 1. The number of aromatic nitrogens is 1. The number of carbonyl (C=O) groups is 1. The van der Waals surface area contributed by atoms with Gasteiger partial charge >= 0.3 is 0 Å². The summed E-state index contributed by atoms with van der Waals surface area (Å²) in [4.78, 5) is 17.8. The minimum Gasteiger partial charge on any atom is -0.322 e. The molecule has 0 aliphatic heterocycles. The lowest BCUT2D eigenvalue weighted by Gasteiger charge is -2.16. The number of para-hydroxylation sites is 1. The van der Waals surface area contributed by atoms with E-state index >= 15 is 0 Å². The van der Waals surface area contributed by atoms with Crippen molar-refractivity contribution in [1.82, 2.24) is 4.98 Å². The second-order valence-electron chi connectivity index (χ2n) is 6.29. The van der Waals surface area contributed by atoms with Gasteiger partial charge in [0, 0.05) is 21.7 Å². The van der Waals surface area contributed by atoms with E-state index < -0.39 is 0 Å². The van der Waals surface area contributed by atoms with E-state index in [2.05, 4.69) is 10.3 Å². The predicted octanol–water partition coefficient (Wildman–Crippen LogP) is 6.54. The van der Waals surface area contributed by atoms with Gasteiger partial charge in [0.1, 0.15) is 0 Å². The fourth-order valence-electron chi connectivity index (χ4n) is 3.24. The maximum atomic E-state index is 13.2. The molecule has 1 heterocycles. The number of rotatable bonds is 3. The van der Waals surface area contributed by atoms with E-state index in [1.54, 1.807) is 24.3 Å². The first kappa shape index (κ1) is 19.9. The molecule has 3 nitrogen and oxygen atoms in total. The molecule has 5 heteroatoms. The highest BCUT2D eigenvalue weighted by molar-refractivity contribution is 6.30. The van der Waals surface area contributed by atoms with Crippen LogP contribution < -0.4 is 5.32 Å². The highest BCUT2D eigenvalue weighted by atomic mass is 35.5. The number of nitrogens with zero attached hydrogens (tertiary/aromatic N) is 1. The van der Waals surface area contributed by atoms with Crippen LogP contribution in [0.25, 0.3) is 22.0 Å². The molecule has 0 saturated carbocycles. The van der Waals surface area contributed by atoms with Crippen molar-refractivity contribution in [2.45, 2.75) is 6.92 Å². The van der Waals surface area contributed by atoms with E-state index in [-0.39, 0.29) is 18.3 Å². The maximum Gasteiger partial charge on any atom is 0.258 e. The average Bonchev–Trinajstić information content (AvgIpc) is 2.69. The van der Waals surface area contributed by atoms with Crippen LogP contribution in [0.1, 0.15) is 16.1 Å². The average molecular weight is 409 g/mol. The third-order valence-electron chi connectivity index (χ3n) is 4.46. The Morgan fingerprint density at radius 2 is 1.54 bits per heavy atom. The Bertz CT molecular complexity index is 1130. The van der Waals surface area contributed by atoms with Crippen LogP contribution in [0.2, 0.25) is 5.02 Å². The van der Waals surface area contributed by atoms with Crippen LogP contribution in [0.5, 0.6) is 0 Å². The van der Waals surface area contributed by atoms with E-state index in [4.69, 9.17) is 11.6 Å². The van der Waals surface area contributed by atoms with E-state index in [1.165, 1.54) is 0 Å². The van der Waals surface area contributed by atoms with Gasteiger partial charge in [0.2, 0.25) is 0 Å². The van der Waals surface area contributed by atoms with Crippen LogP contribution in [-0.4, -0.2) is 10.9 Å². The minimum absolute atomic E-state index is 0. The Labute approximate surface area is 174 Å². The number of anilines is 1. The molecular formula is C23H18Cl2N2O. The molecule has 1 amide bonds. The molecule has 0 aliphatic carbocycles. The van der Waals surface area contributed by atoms with Crippen LogP contribution in [0.15, 0.2) is 78.9 Å². The molecule has 0 radical (unpaired) electrons. The van der Waals surface area contributed by atoms with Crippen LogP contribution in [0.3, 0.4) is 0 Å². The molecule has 0 saturated heterocycles. The van der Waals surface area contributed by atoms with Gasteiger partial charge in [0.15, 0.2) is 0 Å². The van der Waals surface area contributed by atoms with Gasteiger partial charge in [-0.1, -0.05) is 60.1 Å². The lowest BCUT2D eigenvalue weighted by molar-refractivity contribution is 0.102. The number of hydrogen-bond acceptors (Lipinski definition) is 2. The van der Waals surface area contributed by atoms with Crippen molar-refractivity contribution in [1.29, 1.82) is 0 Å². The number of carbonyl (C=O) groups excluding carboxylic acids is 1. The molecule has 0 fully saturated rings. The van der Waals surface area contributed by atoms with E-state index in [0.717, 1.165) is 22.0 Å². The molecule has 0 bridgehead atoms. The summed E-state index contributed by atoms with van der Waals surface area (Å²) in [7, 11) is 0. The SMILES string of the molecule is Cc1nc2ccccc2c(-c2ccccc2)c1C(=O)Nc1ccc(Cl)cc1.Cl. The normalized spacial score (nSPS) is 10.4. The number of amides is 1. The molecular weight excluding hydrogens is 391 g/mol. The number of benzene rings is 3. The lowest BCUT2D eigenvalue weighted by atomic mass is 9.94. The molecule has 0 unspecified atom stereocenters. The number of nitrogens with one attached hydrogen (secondary N) is 1. The summed E-state index contributed by atoms with van der Waals surface area (Å²) in [5.41, 5.74) is 4.72. The monoisotopic (exact) mass is 408 g/mol. The molecule has 28 heavy (non-hydrogen) atoms. The van der Waals surface area contributed by atoms with Crippen molar-refractivity contribution < 1.29 is 4.79 Å². The first-order chi connectivity index (χ1) is 13.1. The summed E-state index contributed by atoms with van der Waals surface area (Å²) in [6, 6.07) is 24.9. The highest BCUT2D eigenvalue weighted by Gasteiger charge is 2.20. The molecule has 1 N–H and O–H groups in total. The predicted molar refractivity (Wildman–Crippen MR) is 119 cm³/mol. The van der Waals surface area contributed by atoms with Gasteiger partial charge in [-0.05, 0) is 42.8 Å². The summed E-state index contributed by atoms with van der Waals surface area (Å²) < 4.78 is 0. The van der Waals surface area contributed by atoms with Gasteiger partial charge < -0.3 is 5.32 Å². The Balaban J connectivity index is 0.00000225. The number of hydrogen-bond donors (Lipinski definition) is 1. The van der Waals surface area contributed by atoms with E-state index in [0.29, 0.717) is 22.0 Å². The molecule has 4 aromatic rings. The Kier molecular flexibility index (Phi) is 5.98. The van der Waals surface area contributed by atoms with Gasteiger partial charge in [-0.3, -0.25) is 9.78 Å². The zero-order valence-corrected chi connectivity index (χ0v) is 16.7. The number of fused-ring (bicyclic) bond motifs is 1. The van der Waals surface area contributed by atoms with Gasteiger partial charge in [-0.25, -0.2) is 0 Å². The molecule has 0 spiro atoms. The van der Waals surface area contributed by atoms with Crippen LogP contribution in [-0.2, 0) is 0 Å². The van der Waals surface area contributed by atoms with Crippen LogP contribution in [0, 0.1) is 6.92 Å². The van der Waals surface area contributed by atoms with Gasteiger partial charge in [0.05, 0.1) is 16.8 Å². The fraction of sp³-hybridized carbons (Fsp3) is 0.0435. The summed E-state index contributed by atoms with van der Waals surface area (Å²) in [5.74, 6) is -0.188. The van der Waals surface area contributed by atoms with Crippen LogP contribution in [0.4, 0.5) is 5.69 Å². The molecule has 0 aliphatic rings. The zero-order valence-electron chi connectivity index (χ0n) is 15.1. The zero-order chi connectivity index (χ0) is 18.8.